The summed E-state index contributed by atoms with van der Waals surface area (Å²) in [7, 11) is 0. The largest absolute Gasteiger partial charge is 0.472 e. The Bertz CT molecular complexity index is 592. The number of carbonyl (C=O) groups excluding carboxylic acids is 1. The summed E-state index contributed by atoms with van der Waals surface area (Å²) in [6, 6.07) is 9.70. The average Bonchev–Trinajstić information content (AvgIpc) is 2.92. The van der Waals surface area contributed by atoms with Gasteiger partial charge in [-0.25, -0.2) is 0 Å². The van der Waals surface area contributed by atoms with Crippen LogP contribution in [0.25, 0.3) is 0 Å². The van der Waals surface area contributed by atoms with E-state index in [1.165, 1.54) is 11.8 Å². The predicted octanol–water partition coefficient (Wildman–Crippen LogP) is 4.34. The second kappa shape index (κ2) is 6.35. The van der Waals surface area contributed by atoms with E-state index in [2.05, 4.69) is 12.1 Å². The fourth-order valence-corrected chi connectivity index (χ4v) is 3.03. The maximum absolute atomic E-state index is 12.5. The van der Waals surface area contributed by atoms with E-state index < -0.39 is 0 Å². The third kappa shape index (κ3) is 3.30. The van der Waals surface area contributed by atoms with E-state index in [4.69, 9.17) is 16.0 Å². The molecule has 110 valence electrons. The highest BCUT2D eigenvalue weighted by Crippen LogP contribution is 2.28. The monoisotopic (exact) mass is 303 g/mol. The van der Waals surface area contributed by atoms with Crippen LogP contribution in [0.3, 0.4) is 0 Å². The molecule has 1 aromatic heterocycles. The van der Waals surface area contributed by atoms with Crippen LogP contribution in [0.4, 0.5) is 0 Å². The van der Waals surface area contributed by atoms with Gasteiger partial charge >= 0.3 is 0 Å². The number of hydrogen-bond acceptors (Lipinski definition) is 2. The maximum atomic E-state index is 12.5. The van der Waals surface area contributed by atoms with Gasteiger partial charge in [0.25, 0.3) is 5.91 Å². The minimum Gasteiger partial charge on any atom is -0.472 e. The van der Waals surface area contributed by atoms with Gasteiger partial charge in [0.1, 0.15) is 6.26 Å². The van der Waals surface area contributed by atoms with E-state index >= 15 is 0 Å². The molecule has 0 saturated carbocycles. The quantitative estimate of drug-likeness (QED) is 0.826. The van der Waals surface area contributed by atoms with E-state index in [0.717, 1.165) is 37.4 Å². The summed E-state index contributed by atoms with van der Waals surface area (Å²) in [6.45, 7) is 1.57. The first-order valence-corrected chi connectivity index (χ1v) is 7.69. The number of rotatable bonds is 2. The van der Waals surface area contributed by atoms with Crippen molar-refractivity contribution in [1.82, 2.24) is 4.90 Å². The van der Waals surface area contributed by atoms with Gasteiger partial charge in [-0.05, 0) is 36.6 Å². The summed E-state index contributed by atoms with van der Waals surface area (Å²) in [5.41, 5.74) is 1.89. The van der Waals surface area contributed by atoms with Gasteiger partial charge in [-0.3, -0.25) is 4.79 Å². The molecule has 1 aliphatic heterocycles. The number of nitrogens with zero attached hydrogens (tertiary/aromatic N) is 1. The number of carbonyl (C=O) groups is 1. The highest BCUT2D eigenvalue weighted by atomic mass is 35.5. The minimum atomic E-state index is 0.0598. The molecular weight excluding hydrogens is 286 g/mol. The zero-order valence-corrected chi connectivity index (χ0v) is 12.6. The van der Waals surface area contributed by atoms with Crippen LogP contribution in [0.1, 0.15) is 41.1 Å². The van der Waals surface area contributed by atoms with Crippen LogP contribution in [0, 0.1) is 0 Å². The summed E-state index contributed by atoms with van der Waals surface area (Å²) < 4.78 is 5.02. The average molecular weight is 304 g/mol. The number of likely N-dealkylation sites (tertiary alicyclic amines) is 1. The molecule has 1 aliphatic rings. The van der Waals surface area contributed by atoms with Crippen LogP contribution in [0.15, 0.2) is 47.3 Å². The molecule has 4 heteroatoms. The fourth-order valence-electron chi connectivity index (χ4n) is 2.90. The molecule has 3 rings (SSSR count). The third-order valence-electron chi connectivity index (χ3n) is 4.07. The van der Waals surface area contributed by atoms with Gasteiger partial charge in [0, 0.05) is 24.0 Å². The van der Waals surface area contributed by atoms with Crippen molar-refractivity contribution in [2.45, 2.75) is 25.2 Å². The number of halogens is 1. The van der Waals surface area contributed by atoms with Crippen molar-refractivity contribution in [2.24, 2.45) is 0 Å². The lowest BCUT2D eigenvalue weighted by Gasteiger charge is -2.24. The number of benzene rings is 1. The lowest BCUT2D eigenvalue weighted by atomic mass is 9.94. The Labute approximate surface area is 129 Å². The molecule has 21 heavy (non-hydrogen) atoms. The molecule has 1 amide bonds. The molecule has 1 fully saturated rings. The van der Waals surface area contributed by atoms with Gasteiger partial charge in [0.05, 0.1) is 11.8 Å². The van der Waals surface area contributed by atoms with E-state index in [-0.39, 0.29) is 5.91 Å². The highest BCUT2D eigenvalue weighted by Gasteiger charge is 2.24. The Morgan fingerprint density at radius 1 is 1.19 bits per heavy atom. The first-order valence-electron chi connectivity index (χ1n) is 7.31. The topological polar surface area (TPSA) is 33.5 Å². The highest BCUT2D eigenvalue weighted by molar-refractivity contribution is 6.30. The molecule has 0 aliphatic carbocycles. The molecule has 3 nitrogen and oxygen atoms in total. The van der Waals surface area contributed by atoms with Crippen LogP contribution in [0.5, 0.6) is 0 Å². The van der Waals surface area contributed by atoms with Crippen molar-refractivity contribution in [3.63, 3.8) is 0 Å². The normalized spacial score (nSPS) is 19.3. The molecule has 0 spiro atoms. The summed E-state index contributed by atoms with van der Waals surface area (Å²) >= 11 is 5.95. The third-order valence-corrected chi connectivity index (χ3v) is 4.32. The van der Waals surface area contributed by atoms with Crippen LogP contribution in [0.2, 0.25) is 5.02 Å². The molecule has 0 unspecified atom stereocenters. The van der Waals surface area contributed by atoms with Crippen LogP contribution in [-0.4, -0.2) is 23.9 Å². The predicted molar refractivity (Wildman–Crippen MR) is 82.7 cm³/mol. The van der Waals surface area contributed by atoms with E-state index in [9.17, 15) is 4.79 Å². The molecule has 0 radical (unpaired) electrons. The first-order chi connectivity index (χ1) is 10.2. The minimum absolute atomic E-state index is 0.0598. The SMILES string of the molecule is O=C(c1ccoc1)N1CCCC[C@@H](c2ccc(Cl)cc2)C1. The number of amides is 1. The maximum Gasteiger partial charge on any atom is 0.257 e. The van der Waals surface area contributed by atoms with Crippen LogP contribution in [-0.2, 0) is 0 Å². The van der Waals surface area contributed by atoms with Crippen molar-refractivity contribution in [3.05, 3.63) is 59.0 Å². The van der Waals surface area contributed by atoms with Crippen molar-refractivity contribution in [2.75, 3.05) is 13.1 Å². The molecule has 0 bridgehead atoms. The molecule has 1 aromatic carbocycles. The van der Waals surface area contributed by atoms with E-state index in [1.807, 2.05) is 17.0 Å². The standard InChI is InChI=1S/C17H18ClNO2/c18-16-6-4-13(5-7-16)14-3-1-2-9-19(11-14)17(20)15-8-10-21-12-15/h4-8,10,12,14H,1-3,9,11H2/t14-/m1/s1. The Kier molecular flexibility index (Phi) is 4.30. The molecule has 1 saturated heterocycles. The number of hydrogen-bond donors (Lipinski definition) is 0. The molecule has 2 aromatic rings. The Hall–Kier alpha value is -1.74. The molecule has 2 heterocycles. The van der Waals surface area contributed by atoms with Crippen molar-refractivity contribution < 1.29 is 9.21 Å². The van der Waals surface area contributed by atoms with Crippen molar-refractivity contribution in [3.8, 4) is 0 Å². The van der Waals surface area contributed by atoms with Crippen LogP contribution >= 0.6 is 11.6 Å². The summed E-state index contributed by atoms with van der Waals surface area (Å²) in [5.74, 6) is 0.435. The van der Waals surface area contributed by atoms with Crippen molar-refractivity contribution >= 4 is 17.5 Å². The van der Waals surface area contributed by atoms with Crippen molar-refractivity contribution in [1.29, 1.82) is 0 Å². The Balaban J connectivity index is 1.77. The van der Waals surface area contributed by atoms with Gasteiger partial charge in [0.2, 0.25) is 0 Å². The second-order valence-electron chi connectivity index (χ2n) is 5.51. The lowest BCUT2D eigenvalue weighted by Crippen LogP contribution is -2.33. The van der Waals surface area contributed by atoms with Gasteiger partial charge in [-0.1, -0.05) is 30.2 Å². The Morgan fingerprint density at radius 3 is 2.71 bits per heavy atom. The smallest absolute Gasteiger partial charge is 0.257 e. The van der Waals surface area contributed by atoms with Gasteiger partial charge < -0.3 is 9.32 Å². The van der Waals surface area contributed by atoms with E-state index in [1.54, 1.807) is 12.3 Å². The molecular formula is C17H18ClNO2. The van der Waals surface area contributed by atoms with Gasteiger partial charge in [0.15, 0.2) is 0 Å². The van der Waals surface area contributed by atoms with Crippen LogP contribution < -0.4 is 0 Å². The summed E-state index contributed by atoms with van der Waals surface area (Å²) in [4.78, 5) is 14.4. The van der Waals surface area contributed by atoms with E-state index in [0.29, 0.717) is 11.5 Å². The summed E-state index contributed by atoms with van der Waals surface area (Å²) in [5, 5.41) is 0.749. The first kappa shape index (κ1) is 14.2. The van der Waals surface area contributed by atoms with Gasteiger partial charge in [-0.15, -0.1) is 0 Å². The zero-order chi connectivity index (χ0) is 14.7. The molecule has 1 atom stereocenters. The summed E-state index contributed by atoms with van der Waals surface area (Å²) in [6.07, 6.45) is 6.36. The second-order valence-corrected chi connectivity index (χ2v) is 5.94. The molecule has 0 N–H and O–H groups in total. The number of furan rings is 1. The zero-order valence-electron chi connectivity index (χ0n) is 11.8. The Morgan fingerprint density at radius 2 is 2.00 bits per heavy atom. The lowest BCUT2D eigenvalue weighted by molar-refractivity contribution is 0.0754. The van der Waals surface area contributed by atoms with Gasteiger partial charge in [-0.2, -0.15) is 0 Å². The fraction of sp³-hybridized carbons (Fsp3) is 0.353.